The van der Waals surface area contributed by atoms with Gasteiger partial charge in [0.2, 0.25) is 11.8 Å². The van der Waals surface area contributed by atoms with E-state index in [1.54, 1.807) is 37.8 Å². The molecule has 0 aliphatic carbocycles. The highest BCUT2D eigenvalue weighted by Crippen LogP contribution is 2.22. The zero-order valence-corrected chi connectivity index (χ0v) is 23.6. The van der Waals surface area contributed by atoms with Gasteiger partial charge in [-0.25, -0.2) is 0 Å². The lowest BCUT2D eigenvalue weighted by Gasteiger charge is -2.35. The average Bonchev–Trinajstić information content (AvgIpc) is 2.93. The van der Waals surface area contributed by atoms with E-state index in [4.69, 9.17) is 9.47 Å². The van der Waals surface area contributed by atoms with Crippen LogP contribution in [-0.4, -0.2) is 126 Å². The number of piperazine rings is 2. The summed E-state index contributed by atoms with van der Waals surface area (Å²) in [4.78, 5) is 57.4. The number of hydrogen-bond donors (Lipinski definition) is 0. The van der Waals surface area contributed by atoms with E-state index in [1.807, 2.05) is 6.92 Å². The fourth-order valence-corrected chi connectivity index (χ4v) is 4.85. The van der Waals surface area contributed by atoms with Crippen LogP contribution in [0.5, 0.6) is 5.75 Å². The zero-order chi connectivity index (χ0) is 26.1. The van der Waals surface area contributed by atoms with Crippen molar-refractivity contribution in [3.05, 3.63) is 29.3 Å². The summed E-state index contributed by atoms with van der Waals surface area (Å²) in [6, 6.07) is 4.90. The Labute approximate surface area is 228 Å². The molecule has 2 fully saturated rings. The van der Waals surface area contributed by atoms with Gasteiger partial charge >= 0.3 is 0 Å². The van der Waals surface area contributed by atoms with Gasteiger partial charge in [-0.15, -0.1) is 0 Å². The molecule has 0 bridgehead atoms. The molecule has 0 unspecified atom stereocenters. The summed E-state index contributed by atoms with van der Waals surface area (Å²) in [5.74, 6) is -0.00343. The molecule has 2 aliphatic rings. The van der Waals surface area contributed by atoms with E-state index in [1.165, 1.54) is 0 Å². The van der Waals surface area contributed by atoms with Crippen LogP contribution in [0.25, 0.3) is 0 Å². The summed E-state index contributed by atoms with van der Waals surface area (Å²) < 4.78 is 11.1. The van der Waals surface area contributed by atoms with Crippen LogP contribution in [-0.2, 0) is 14.3 Å². The largest absolute Gasteiger partial charge is 0.491 e. The molecule has 0 aromatic heterocycles. The molecule has 36 heavy (non-hydrogen) atoms. The standard InChI is InChI=1S/C24H32Br2N4O6/c1-2-35-11-12-36-20-14-18(23(33)29-7-3-27(4-8-29)21(31)16-25)13-19(15-20)24(34)30-9-5-28(6-10-30)22(32)17-26/h13-15H,2-12,16-17H2,1H3. The summed E-state index contributed by atoms with van der Waals surface area (Å²) in [7, 11) is 0. The Morgan fingerprint density at radius 3 is 1.50 bits per heavy atom. The van der Waals surface area contributed by atoms with E-state index in [2.05, 4.69) is 31.9 Å². The molecule has 3 rings (SSSR count). The van der Waals surface area contributed by atoms with E-state index in [0.29, 0.717) is 89.1 Å². The number of benzene rings is 1. The van der Waals surface area contributed by atoms with E-state index >= 15 is 0 Å². The third-order valence-electron chi connectivity index (χ3n) is 6.17. The molecule has 2 heterocycles. The molecule has 0 atom stereocenters. The molecule has 1 aromatic carbocycles. The molecule has 0 saturated carbocycles. The van der Waals surface area contributed by atoms with Gasteiger partial charge in [0.15, 0.2) is 0 Å². The first-order chi connectivity index (χ1) is 17.4. The number of rotatable bonds is 9. The van der Waals surface area contributed by atoms with Gasteiger partial charge in [-0.05, 0) is 25.1 Å². The lowest BCUT2D eigenvalue weighted by Crippen LogP contribution is -2.51. The second-order valence-electron chi connectivity index (χ2n) is 8.40. The minimum atomic E-state index is -0.210. The molecule has 12 heteroatoms. The van der Waals surface area contributed by atoms with Crippen molar-refractivity contribution in [1.82, 2.24) is 19.6 Å². The predicted octanol–water partition coefficient (Wildman–Crippen LogP) is 1.46. The highest BCUT2D eigenvalue weighted by molar-refractivity contribution is 9.09. The minimum absolute atomic E-state index is 0.00221. The van der Waals surface area contributed by atoms with Crippen molar-refractivity contribution in [2.24, 2.45) is 0 Å². The van der Waals surface area contributed by atoms with Crippen LogP contribution in [0.2, 0.25) is 0 Å². The van der Waals surface area contributed by atoms with Gasteiger partial charge in [-0.2, -0.15) is 0 Å². The Kier molecular flexibility index (Phi) is 11.0. The summed E-state index contributed by atoms with van der Waals surface area (Å²) in [6.07, 6.45) is 0. The first-order valence-electron chi connectivity index (χ1n) is 12.0. The molecule has 2 aliphatic heterocycles. The average molecular weight is 632 g/mol. The third-order valence-corrected chi connectivity index (χ3v) is 7.13. The minimum Gasteiger partial charge on any atom is -0.491 e. The Bertz CT molecular complexity index is 880. The summed E-state index contributed by atoms with van der Waals surface area (Å²) in [6.45, 7) is 6.66. The predicted molar refractivity (Wildman–Crippen MR) is 141 cm³/mol. The molecular formula is C24H32Br2N4O6. The normalized spacial score (nSPS) is 16.2. The van der Waals surface area contributed by atoms with Crippen LogP contribution in [0.4, 0.5) is 0 Å². The molecular weight excluding hydrogens is 600 g/mol. The first kappa shape index (κ1) is 28.4. The van der Waals surface area contributed by atoms with Gasteiger partial charge in [0.1, 0.15) is 12.4 Å². The maximum Gasteiger partial charge on any atom is 0.254 e. The second kappa shape index (κ2) is 13.9. The van der Waals surface area contributed by atoms with Crippen LogP contribution < -0.4 is 4.74 Å². The summed E-state index contributed by atoms with van der Waals surface area (Å²) in [5, 5.41) is 0.512. The SMILES string of the molecule is CCOCCOc1cc(C(=O)N2CCN(C(=O)CBr)CC2)cc(C(=O)N2CCN(C(=O)CBr)CC2)c1. The van der Waals surface area contributed by atoms with Crippen molar-refractivity contribution in [3.8, 4) is 5.75 Å². The lowest BCUT2D eigenvalue weighted by molar-refractivity contribution is -0.130. The van der Waals surface area contributed by atoms with Gasteiger partial charge in [-0.1, -0.05) is 31.9 Å². The maximum absolute atomic E-state index is 13.3. The molecule has 0 N–H and O–H groups in total. The van der Waals surface area contributed by atoms with Gasteiger partial charge in [0, 0.05) is 70.1 Å². The molecule has 4 amide bonds. The summed E-state index contributed by atoms with van der Waals surface area (Å²) in [5.41, 5.74) is 0.723. The quantitative estimate of drug-likeness (QED) is 0.302. The molecule has 10 nitrogen and oxygen atoms in total. The highest BCUT2D eigenvalue weighted by Gasteiger charge is 2.28. The summed E-state index contributed by atoms with van der Waals surface area (Å²) >= 11 is 6.37. The maximum atomic E-state index is 13.3. The van der Waals surface area contributed by atoms with E-state index in [0.717, 1.165) is 0 Å². The van der Waals surface area contributed by atoms with Crippen molar-refractivity contribution in [3.63, 3.8) is 0 Å². The number of nitrogens with zero attached hydrogens (tertiary/aromatic N) is 4. The van der Waals surface area contributed by atoms with Gasteiger partial charge < -0.3 is 29.1 Å². The molecule has 0 radical (unpaired) electrons. The Morgan fingerprint density at radius 1 is 0.694 bits per heavy atom. The Morgan fingerprint density at radius 2 is 1.11 bits per heavy atom. The molecule has 1 aromatic rings. The van der Waals surface area contributed by atoms with Gasteiger partial charge in [0.25, 0.3) is 11.8 Å². The number of amides is 4. The van der Waals surface area contributed by atoms with Crippen LogP contribution in [0, 0.1) is 0 Å². The first-order valence-corrected chi connectivity index (χ1v) is 14.2. The van der Waals surface area contributed by atoms with Crippen LogP contribution >= 0.6 is 31.9 Å². The fraction of sp³-hybridized carbons (Fsp3) is 0.583. The van der Waals surface area contributed by atoms with Crippen molar-refractivity contribution in [1.29, 1.82) is 0 Å². The monoisotopic (exact) mass is 630 g/mol. The van der Waals surface area contributed by atoms with E-state index in [9.17, 15) is 19.2 Å². The fourth-order valence-electron chi connectivity index (χ4n) is 4.14. The van der Waals surface area contributed by atoms with Crippen LogP contribution in [0.15, 0.2) is 18.2 Å². The Balaban J connectivity index is 1.75. The van der Waals surface area contributed by atoms with E-state index < -0.39 is 0 Å². The van der Waals surface area contributed by atoms with Crippen molar-refractivity contribution >= 4 is 55.5 Å². The van der Waals surface area contributed by atoms with Crippen LogP contribution in [0.1, 0.15) is 27.6 Å². The highest BCUT2D eigenvalue weighted by atomic mass is 79.9. The zero-order valence-electron chi connectivity index (χ0n) is 20.4. The second-order valence-corrected chi connectivity index (χ2v) is 9.53. The number of carbonyl (C=O) groups excluding carboxylic acids is 4. The van der Waals surface area contributed by atoms with E-state index in [-0.39, 0.29) is 34.3 Å². The van der Waals surface area contributed by atoms with Gasteiger partial charge in [0.05, 0.1) is 17.3 Å². The number of carbonyl (C=O) groups is 4. The number of alkyl halides is 2. The molecule has 0 spiro atoms. The smallest absolute Gasteiger partial charge is 0.254 e. The molecule has 2 saturated heterocycles. The Hall–Kier alpha value is -2.18. The van der Waals surface area contributed by atoms with Crippen molar-refractivity contribution in [2.75, 3.05) is 82.8 Å². The van der Waals surface area contributed by atoms with Crippen molar-refractivity contribution < 1.29 is 28.7 Å². The third kappa shape index (κ3) is 7.42. The van der Waals surface area contributed by atoms with Crippen LogP contribution in [0.3, 0.4) is 0 Å². The topological polar surface area (TPSA) is 99.7 Å². The number of hydrogen-bond acceptors (Lipinski definition) is 6. The number of ether oxygens (including phenoxy) is 2. The lowest BCUT2D eigenvalue weighted by atomic mass is 10.1. The number of halogens is 2. The van der Waals surface area contributed by atoms with Gasteiger partial charge in [-0.3, -0.25) is 19.2 Å². The van der Waals surface area contributed by atoms with Crippen molar-refractivity contribution in [2.45, 2.75) is 6.92 Å². The molecule has 198 valence electrons.